The lowest BCUT2D eigenvalue weighted by Gasteiger charge is -2.39. The van der Waals surface area contributed by atoms with Crippen molar-refractivity contribution in [2.45, 2.75) is 55.6 Å². The lowest BCUT2D eigenvalue weighted by atomic mass is 9.90. The van der Waals surface area contributed by atoms with Gasteiger partial charge in [-0.25, -0.2) is 0 Å². The zero-order chi connectivity index (χ0) is 26.7. The fourth-order valence-electron chi connectivity index (χ4n) is 4.80. The summed E-state index contributed by atoms with van der Waals surface area (Å²) in [6.45, 7) is -0.516. The number of aliphatic hydroxyl groups excluding tert-OH is 5. The molecule has 0 aliphatic carbocycles. The summed E-state index contributed by atoms with van der Waals surface area (Å²) in [5, 5.41) is 59.4. The summed E-state index contributed by atoms with van der Waals surface area (Å²) in [5.41, 5.74) is 2.45. The number of benzene rings is 2. The molecule has 11 nitrogen and oxygen atoms in total. The van der Waals surface area contributed by atoms with Gasteiger partial charge in [0.1, 0.15) is 30.5 Å². The fraction of sp³-hybridized carbons (Fsp3) is 0.538. The van der Waals surface area contributed by atoms with Gasteiger partial charge in [0.05, 0.1) is 40.0 Å². The molecule has 11 heteroatoms. The molecule has 4 rings (SSSR count). The van der Waals surface area contributed by atoms with Crippen LogP contribution >= 0.6 is 0 Å². The van der Waals surface area contributed by atoms with Crippen molar-refractivity contribution >= 4 is 0 Å². The quantitative estimate of drug-likeness (QED) is 0.239. The number of hydrogen-bond acceptors (Lipinski definition) is 11. The van der Waals surface area contributed by atoms with Gasteiger partial charge in [0.2, 0.25) is 0 Å². The van der Waals surface area contributed by atoms with Crippen LogP contribution in [-0.4, -0.2) is 95.4 Å². The molecule has 0 aromatic heterocycles. The third-order valence-electron chi connectivity index (χ3n) is 6.84. The third kappa shape index (κ3) is 5.48. The summed E-state index contributed by atoms with van der Waals surface area (Å²) in [6.07, 6.45) is -6.00. The van der Waals surface area contributed by atoms with Crippen molar-refractivity contribution in [2.75, 3.05) is 34.0 Å². The molecule has 37 heavy (non-hydrogen) atoms. The van der Waals surface area contributed by atoms with Gasteiger partial charge in [0, 0.05) is 5.56 Å². The number of rotatable bonds is 10. The van der Waals surface area contributed by atoms with Crippen molar-refractivity contribution < 1.29 is 54.3 Å². The number of fused-ring (bicyclic) bond motifs is 1. The molecule has 7 atom stereocenters. The van der Waals surface area contributed by atoms with E-state index in [0.29, 0.717) is 30.1 Å². The maximum atomic E-state index is 10.2. The van der Waals surface area contributed by atoms with Gasteiger partial charge in [0.15, 0.2) is 29.3 Å². The lowest BCUT2D eigenvalue weighted by molar-refractivity contribution is -0.301. The first-order valence-corrected chi connectivity index (χ1v) is 12.1. The minimum atomic E-state index is -1.49. The molecular weight excluding hydrogens is 488 g/mol. The minimum Gasteiger partial charge on any atom is -0.504 e. The molecule has 0 bridgehead atoms. The smallest absolute Gasteiger partial charge is 0.186 e. The van der Waals surface area contributed by atoms with Crippen molar-refractivity contribution in [1.82, 2.24) is 0 Å². The van der Waals surface area contributed by atoms with Crippen molar-refractivity contribution in [2.24, 2.45) is 0 Å². The molecule has 1 fully saturated rings. The molecule has 6 N–H and O–H groups in total. The summed E-state index contributed by atoms with van der Waals surface area (Å²) in [6, 6.07) is 8.72. The van der Waals surface area contributed by atoms with Crippen LogP contribution in [0.5, 0.6) is 23.0 Å². The van der Waals surface area contributed by atoms with Crippen molar-refractivity contribution in [1.29, 1.82) is 0 Å². The normalized spacial score (nSPS) is 29.0. The Balaban J connectivity index is 1.44. The number of methoxy groups -OCH3 is 2. The largest absolute Gasteiger partial charge is 0.504 e. The highest BCUT2D eigenvalue weighted by Gasteiger charge is 2.44. The molecule has 1 saturated heterocycles. The van der Waals surface area contributed by atoms with Gasteiger partial charge >= 0.3 is 0 Å². The fourth-order valence-corrected chi connectivity index (χ4v) is 4.80. The van der Waals surface area contributed by atoms with E-state index in [4.69, 9.17) is 23.7 Å². The molecule has 2 heterocycles. The summed E-state index contributed by atoms with van der Waals surface area (Å²) in [7, 11) is 3.00. The van der Waals surface area contributed by atoms with Crippen LogP contribution in [0.4, 0.5) is 0 Å². The molecule has 2 aliphatic heterocycles. The third-order valence-corrected chi connectivity index (χ3v) is 6.84. The summed E-state index contributed by atoms with van der Waals surface area (Å²) in [5.74, 6) is 1.01. The van der Waals surface area contributed by atoms with E-state index >= 15 is 0 Å². The van der Waals surface area contributed by atoms with Gasteiger partial charge in [-0.05, 0) is 42.2 Å². The van der Waals surface area contributed by atoms with Gasteiger partial charge in [-0.1, -0.05) is 12.1 Å². The summed E-state index contributed by atoms with van der Waals surface area (Å²) in [4.78, 5) is 0. The minimum absolute atomic E-state index is 0.00751. The van der Waals surface area contributed by atoms with Gasteiger partial charge in [-0.15, -0.1) is 0 Å². The average molecular weight is 523 g/mol. The first-order valence-electron chi connectivity index (χ1n) is 12.1. The number of hydrogen-bond donors (Lipinski definition) is 6. The second-order valence-corrected chi connectivity index (χ2v) is 9.15. The highest BCUT2D eigenvalue weighted by molar-refractivity contribution is 5.56. The van der Waals surface area contributed by atoms with E-state index in [0.717, 1.165) is 16.7 Å². The first-order chi connectivity index (χ1) is 17.8. The van der Waals surface area contributed by atoms with Crippen LogP contribution in [0.25, 0.3) is 0 Å². The van der Waals surface area contributed by atoms with Crippen LogP contribution in [-0.2, 0) is 15.9 Å². The van der Waals surface area contributed by atoms with Crippen LogP contribution in [0, 0.1) is 0 Å². The molecule has 0 unspecified atom stereocenters. The number of ether oxygens (including phenoxy) is 5. The highest BCUT2D eigenvalue weighted by atomic mass is 16.7. The average Bonchev–Trinajstić information content (AvgIpc) is 3.29. The predicted octanol–water partition coefficient (Wildman–Crippen LogP) is 0.368. The van der Waals surface area contributed by atoms with E-state index in [1.54, 1.807) is 12.1 Å². The number of phenols is 1. The van der Waals surface area contributed by atoms with Crippen molar-refractivity contribution in [3.05, 3.63) is 47.0 Å². The summed E-state index contributed by atoms with van der Waals surface area (Å²) >= 11 is 0. The Hall–Kier alpha value is -2.64. The zero-order valence-corrected chi connectivity index (χ0v) is 20.7. The first kappa shape index (κ1) is 27.4. The lowest BCUT2D eigenvalue weighted by Crippen LogP contribution is -2.59. The SMILES string of the molecule is COc1cc([C@H]2Oc3c(OC)cc(CCCO[C@@H]4O[C@H](CO)[C@@H](O)[C@H](O)[C@H]4O)cc3[C@H]2CO)ccc1O. The Morgan fingerprint density at radius 2 is 1.65 bits per heavy atom. The predicted molar refractivity (Wildman–Crippen MR) is 129 cm³/mol. The second-order valence-electron chi connectivity index (χ2n) is 9.15. The Morgan fingerprint density at radius 3 is 2.32 bits per heavy atom. The number of aromatic hydroxyl groups is 1. The second kappa shape index (κ2) is 11.8. The number of aliphatic hydroxyl groups is 5. The van der Waals surface area contributed by atoms with Crippen LogP contribution in [0.3, 0.4) is 0 Å². The molecule has 2 aromatic carbocycles. The Morgan fingerprint density at radius 1 is 0.892 bits per heavy atom. The molecule has 0 spiro atoms. The van der Waals surface area contributed by atoms with E-state index in [-0.39, 0.29) is 24.9 Å². The van der Waals surface area contributed by atoms with E-state index in [1.165, 1.54) is 20.3 Å². The van der Waals surface area contributed by atoms with Gasteiger partial charge in [-0.3, -0.25) is 0 Å². The van der Waals surface area contributed by atoms with Crippen LogP contribution in [0.15, 0.2) is 30.3 Å². The maximum Gasteiger partial charge on any atom is 0.186 e. The summed E-state index contributed by atoms with van der Waals surface area (Å²) < 4.78 is 27.9. The Labute approximate surface area is 214 Å². The number of aryl methyl sites for hydroxylation is 1. The van der Waals surface area contributed by atoms with Crippen LogP contribution < -0.4 is 14.2 Å². The van der Waals surface area contributed by atoms with Gasteiger partial charge < -0.3 is 54.3 Å². The van der Waals surface area contributed by atoms with Crippen molar-refractivity contribution in [3.63, 3.8) is 0 Å². The van der Waals surface area contributed by atoms with Crippen LogP contribution in [0.2, 0.25) is 0 Å². The van der Waals surface area contributed by atoms with E-state index in [1.807, 2.05) is 12.1 Å². The topological polar surface area (TPSA) is 168 Å². The Bertz CT molecular complexity index is 1060. The molecule has 0 radical (unpaired) electrons. The Kier molecular flexibility index (Phi) is 8.75. The molecule has 0 amide bonds. The zero-order valence-electron chi connectivity index (χ0n) is 20.7. The van der Waals surface area contributed by atoms with Crippen molar-refractivity contribution in [3.8, 4) is 23.0 Å². The highest BCUT2D eigenvalue weighted by Crippen LogP contribution is 2.51. The standard InChI is InChI=1S/C26H34O11/c1-33-18-10-14(5-6-17(18)29)24-16(11-27)15-8-13(9-19(34-2)25(15)37-24)4-3-7-35-26-23(32)22(31)21(30)20(12-28)36-26/h5-6,8-10,16,20-24,26-32H,3-4,7,11-12H2,1-2H3/t16-,20-,21-,22+,23-,24-,26-/m1/s1. The number of phenolic OH excluding ortho intramolecular Hbond substituents is 1. The molecule has 2 aliphatic rings. The van der Waals surface area contributed by atoms with Gasteiger partial charge in [-0.2, -0.15) is 0 Å². The molecule has 204 valence electrons. The molecule has 0 saturated carbocycles. The van der Waals surface area contributed by atoms with E-state index < -0.39 is 43.4 Å². The maximum absolute atomic E-state index is 10.2. The van der Waals surface area contributed by atoms with Gasteiger partial charge in [0.25, 0.3) is 0 Å². The molecular formula is C26H34O11. The monoisotopic (exact) mass is 522 g/mol. The van der Waals surface area contributed by atoms with E-state index in [2.05, 4.69) is 0 Å². The van der Waals surface area contributed by atoms with Crippen LogP contribution in [0.1, 0.15) is 35.1 Å². The van der Waals surface area contributed by atoms with E-state index in [9.17, 15) is 30.6 Å². The molecule has 2 aromatic rings.